The van der Waals surface area contributed by atoms with Gasteiger partial charge in [-0.25, -0.2) is 19.3 Å². The van der Waals surface area contributed by atoms with Crippen molar-refractivity contribution in [1.82, 2.24) is 15.0 Å². The molecule has 1 unspecified atom stereocenters. The average Bonchev–Trinajstić information content (AvgIpc) is 2.79. The Morgan fingerprint density at radius 2 is 1.94 bits per heavy atom. The molecule has 35 heavy (non-hydrogen) atoms. The Labute approximate surface area is 215 Å². The van der Waals surface area contributed by atoms with Crippen molar-refractivity contribution < 1.29 is 14.6 Å². The van der Waals surface area contributed by atoms with Gasteiger partial charge < -0.3 is 25.7 Å². The van der Waals surface area contributed by atoms with E-state index in [9.17, 15) is 14.6 Å². The molecule has 0 bridgehead atoms. The third kappa shape index (κ3) is 5.51. The number of hydrogen-bond donors (Lipinski definition) is 3. The van der Waals surface area contributed by atoms with Crippen molar-refractivity contribution in [2.75, 3.05) is 42.7 Å². The highest BCUT2D eigenvalue weighted by Crippen LogP contribution is 2.41. The van der Waals surface area contributed by atoms with E-state index in [-0.39, 0.29) is 17.9 Å². The number of aromatic nitrogens is 3. The zero-order valence-electron chi connectivity index (χ0n) is 20.4. The van der Waals surface area contributed by atoms with E-state index in [0.717, 1.165) is 17.7 Å². The van der Waals surface area contributed by atoms with Gasteiger partial charge in [-0.05, 0) is 38.2 Å². The summed E-state index contributed by atoms with van der Waals surface area (Å²) in [4.78, 5) is 18.6. The molecule has 2 aromatic rings. The highest BCUT2D eigenvalue weighted by Gasteiger charge is 2.39. The van der Waals surface area contributed by atoms with E-state index >= 15 is 0 Å². The van der Waals surface area contributed by atoms with E-state index in [1.807, 2.05) is 26.8 Å². The van der Waals surface area contributed by atoms with Gasteiger partial charge in [0.15, 0.2) is 5.82 Å². The Kier molecular flexibility index (Phi) is 7.78. The number of halogens is 2. The summed E-state index contributed by atoms with van der Waals surface area (Å²) < 4.78 is 13.1. The lowest BCUT2D eigenvalue weighted by Crippen LogP contribution is -2.56. The van der Waals surface area contributed by atoms with Gasteiger partial charge in [-0.2, -0.15) is 0 Å². The number of nitrogens with two attached hydrogens (primary N) is 1. The van der Waals surface area contributed by atoms with Crippen molar-refractivity contribution in [3.63, 3.8) is 0 Å². The quantitative estimate of drug-likeness (QED) is 0.479. The molecule has 192 valence electrons. The van der Waals surface area contributed by atoms with E-state index in [0.29, 0.717) is 53.6 Å². The van der Waals surface area contributed by atoms with Crippen molar-refractivity contribution in [3.05, 3.63) is 29.2 Å². The largest absolute Gasteiger partial charge is 0.390 e. The summed E-state index contributed by atoms with van der Waals surface area (Å²) in [5.74, 6) is 1.50. The van der Waals surface area contributed by atoms with Crippen LogP contribution in [0.2, 0.25) is 5.02 Å². The summed E-state index contributed by atoms with van der Waals surface area (Å²) in [5.41, 5.74) is 5.52. The third-order valence-electron chi connectivity index (χ3n) is 7.45. The molecule has 2 aliphatic rings. The number of pyridine rings is 1. The monoisotopic (exact) mass is 524 g/mol. The summed E-state index contributed by atoms with van der Waals surface area (Å²) in [7, 11) is 0. The second-order valence-electron chi connectivity index (χ2n) is 10.3. The zero-order chi connectivity index (χ0) is 25.4. The van der Waals surface area contributed by atoms with Crippen LogP contribution in [0.1, 0.15) is 39.3 Å². The predicted octanol–water partition coefficient (Wildman–Crippen LogP) is 3.28. The Balaban J connectivity index is 1.46. The van der Waals surface area contributed by atoms with Gasteiger partial charge in [-0.15, -0.1) is 0 Å². The van der Waals surface area contributed by atoms with Crippen LogP contribution in [0.25, 0.3) is 0 Å². The minimum absolute atomic E-state index is 0.169. The van der Waals surface area contributed by atoms with Crippen molar-refractivity contribution in [2.45, 2.75) is 61.8 Å². The van der Waals surface area contributed by atoms with Crippen LogP contribution in [0.4, 0.5) is 16.0 Å². The molecule has 4 N–H and O–H groups in total. The SMILES string of the molecule is CC(C)(O)C1CN(c2nccc(Sc3cnc(N4CCC(C)(C(N)CF)CC4)c(CO)n3)c2Cl)C1. The Morgan fingerprint density at radius 1 is 1.26 bits per heavy atom. The van der Waals surface area contributed by atoms with Gasteiger partial charge in [0.1, 0.15) is 23.2 Å². The van der Waals surface area contributed by atoms with Crippen LogP contribution in [0, 0.1) is 11.3 Å². The molecular weight excluding hydrogens is 491 g/mol. The lowest BCUT2D eigenvalue weighted by atomic mass is 9.75. The first kappa shape index (κ1) is 26.3. The number of nitrogens with zero attached hydrogens (tertiary/aromatic N) is 5. The number of piperidine rings is 1. The van der Waals surface area contributed by atoms with Crippen LogP contribution in [-0.2, 0) is 6.61 Å². The van der Waals surface area contributed by atoms with Crippen LogP contribution in [0.3, 0.4) is 0 Å². The maximum Gasteiger partial charge on any atom is 0.152 e. The number of hydrogen-bond acceptors (Lipinski definition) is 9. The molecule has 2 fully saturated rings. The Morgan fingerprint density at radius 3 is 2.54 bits per heavy atom. The van der Waals surface area contributed by atoms with Crippen LogP contribution in [0.15, 0.2) is 28.4 Å². The van der Waals surface area contributed by atoms with Gasteiger partial charge in [0.05, 0.1) is 23.4 Å². The molecule has 11 heteroatoms. The molecule has 2 saturated heterocycles. The van der Waals surface area contributed by atoms with Gasteiger partial charge >= 0.3 is 0 Å². The lowest BCUT2D eigenvalue weighted by molar-refractivity contribution is 0.00438. The molecule has 0 aliphatic carbocycles. The lowest BCUT2D eigenvalue weighted by Gasteiger charge is -2.46. The van der Waals surface area contributed by atoms with E-state index in [2.05, 4.69) is 24.8 Å². The van der Waals surface area contributed by atoms with Crippen LogP contribution in [-0.4, -0.2) is 69.7 Å². The van der Waals surface area contributed by atoms with Crippen LogP contribution < -0.4 is 15.5 Å². The number of aliphatic hydroxyl groups excluding tert-OH is 1. The standard InChI is InChI=1S/C24H34ClFN6O2S/c1-23(2,34)15-12-32(13-15)22-20(25)17(4-7-28-22)35-19-11-29-21(16(14-33)30-19)31-8-5-24(3,6-9-31)18(27)10-26/h4,7,11,15,18,33-34H,5-6,8-10,12-14,27H2,1-3H3. The number of alkyl halides is 1. The first-order chi connectivity index (χ1) is 16.6. The molecule has 2 aliphatic heterocycles. The van der Waals surface area contributed by atoms with Gasteiger partial charge in [0.2, 0.25) is 0 Å². The molecule has 0 radical (unpaired) electrons. The number of anilines is 2. The summed E-state index contributed by atoms with van der Waals surface area (Å²) in [6, 6.07) is 1.36. The van der Waals surface area contributed by atoms with Crippen molar-refractivity contribution in [3.8, 4) is 0 Å². The molecular formula is C24H34ClFN6O2S. The molecule has 4 heterocycles. The number of aliphatic hydroxyl groups is 2. The van der Waals surface area contributed by atoms with E-state index in [4.69, 9.17) is 17.3 Å². The average molecular weight is 525 g/mol. The van der Waals surface area contributed by atoms with Gasteiger partial charge in [-0.1, -0.05) is 30.3 Å². The molecule has 0 spiro atoms. The van der Waals surface area contributed by atoms with E-state index in [1.165, 1.54) is 11.8 Å². The zero-order valence-corrected chi connectivity index (χ0v) is 22.0. The normalized spacial score (nSPS) is 19.5. The Hall–Kier alpha value is -1.72. The fourth-order valence-electron chi connectivity index (χ4n) is 4.53. The molecule has 0 saturated carbocycles. The smallest absolute Gasteiger partial charge is 0.152 e. The summed E-state index contributed by atoms with van der Waals surface area (Å²) in [6.45, 7) is 7.65. The molecule has 8 nitrogen and oxygen atoms in total. The maximum atomic E-state index is 13.1. The van der Waals surface area contributed by atoms with Gasteiger partial charge in [0.25, 0.3) is 0 Å². The molecule has 1 atom stereocenters. The summed E-state index contributed by atoms with van der Waals surface area (Å²) in [5, 5.41) is 21.4. The molecule has 2 aromatic heterocycles. The highest BCUT2D eigenvalue weighted by molar-refractivity contribution is 7.99. The topological polar surface area (TPSA) is 112 Å². The Bertz CT molecular complexity index is 1040. The second-order valence-corrected chi connectivity index (χ2v) is 11.8. The molecule has 0 aromatic carbocycles. The predicted molar refractivity (Wildman–Crippen MR) is 137 cm³/mol. The van der Waals surface area contributed by atoms with E-state index in [1.54, 1.807) is 12.4 Å². The van der Waals surface area contributed by atoms with E-state index < -0.39 is 18.3 Å². The van der Waals surface area contributed by atoms with Gasteiger partial charge in [0, 0.05) is 49.2 Å². The second kappa shape index (κ2) is 10.3. The highest BCUT2D eigenvalue weighted by atomic mass is 35.5. The summed E-state index contributed by atoms with van der Waals surface area (Å²) >= 11 is 8.06. The van der Waals surface area contributed by atoms with Gasteiger partial charge in [-0.3, -0.25) is 0 Å². The fraction of sp³-hybridized carbons (Fsp3) is 0.625. The fourth-order valence-corrected chi connectivity index (χ4v) is 5.68. The molecule has 4 rings (SSSR count). The summed E-state index contributed by atoms with van der Waals surface area (Å²) in [6.07, 6.45) is 4.90. The first-order valence-electron chi connectivity index (χ1n) is 11.9. The van der Waals surface area contributed by atoms with Crippen molar-refractivity contribution in [2.24, 2.45) is 17.1 Å². The third-order valence-corrected chi connectivity index (χ3v) is 8.90. The minimum Gasteiger partial charge on any atom is -0.390 e. The maximum absolute atomic E-state index is 13.1. The first-order valence-corrected chi connectivity index (χ1v) is 13.1. The van der Waals surface area contributed by atoms with Crippen molar-refractivity contribution >= 4 is 35.0 Å². The number of rotatable bonds is 8. The van der Waals surface area contributed by atoms with Crippen LogP contribution in [0.5, 0.6) is 0 Å². The minimum atomic E-state index is -0.736. The van der Waals surface area contributed by atoms with Crippen LogP contribution >= 0.6 is 23.4 Å². The van der Waals surface area contributed by atoms with Crippen molar-refractivity contribution in [1.29, 1.82) is 0 Å². The molecule has 0 amide bonds.